The summed E-state index contributed by atoms with van der Waals surface area (Å²) < 4.78 is 2.45. The Hall–Kier alpha value is -1.63. The van der Waals surface area contributed by atoms with E-state index < -0.39 is 5.97 Å². The van der Waals surface area contributed by atoms with Crippen LogP contribution in [0.5, 0.6) is 0 Å². The first-order valence-corrected chi connectivity index (χ1v) is 7.88. The van der Waals surface area contributed by atoms with E-state index in [1.54, 1.807) is 18.2 Å². The van der Waals surface area contributed by atoms with Crippen molar-refractivity contribution < 1.29 is 9.90 Å². The van der Waals surface area contributed by atoms with E-state index >= 15 is 0 Å². The fourth-order valence-electron chi connectivity index (χ4n) is 1.90. The minimum Gasteiger partial charge on any atom is -0.478 e. The fraction of sp³-hybridized carbons (Fsp3) is 0. The molecule has 0 spiro atoms. The van der Waals surface area contributed by atoms with E-state index in [2.05, 4.69) is 21.0 Å². The number of halogens is 2. The van der Waals surface area contributed by atoms with Crippen LogP contribution < -0.4 is 0 Å². The zero-order valence-corrected chi connectivity index (χ0v) is 13.6. The maximum Gasteiger partial charge on any atom is 0.339 e. The molecule has 21 heavy (non-hydrogen) atoms. The van der Waals surface area contributed by atoms with Gasteiger partial charge in [0.15, 0.2) is 0 Å². The number of nitrogens with zero attached hydrogens (tertiary/aromatic N) is 2. The van der Waals surface area contributed by atoms with Gasteiger partial charge in [0.2, 0.25) is 0 Å². The summed E-state index contributed by atoms with van der Waals surface area (Å²) in [5, 5.41) is 14.3. The van der Waals surface area contributed by atoms with Crippen molar-refractivity contribution in [3.05, 3.63) is 57.0 Å². The predicted molar refractivity (Wildman–Crippen MR) is 86.5 cm³/mol. The summed E-state index contributed by atoms with van der Waals surface area (Å²) in [5.74, 6) is -1.01. The Morgan fingerprint density at radius 3 is 2.76 bits per heavy atom. The molecule has 0 bridgehead atoms. The largest absolute Gasteiger partial charge is 0.478 e. The number of hydrogen-bond acceptors (Lipinski definition) is 3. The molecule has 0 radical (unpaired) electrons. The molecule has 1 aromatic carbocycles. The second-order valence-corrected chi connectivity index (χ2v) is 7.12. The molecule has 2 heterocycles. The molecule has 0 amide bonds. The third-order valence-electron chi connectivity index (χ3n) is 2.82. The SMILES string of the molecule is O=C(O)c1cn(-c2cccc(Cl)c2)nc1-c1ccc(Br)s1. The number of aromatic carboxylic acids is 1. The van der Waals surface area contributed by atoms with E-state index in [-0.39, 0.29) is 5.56 Å². The average Bonchev–Trinajstić information content (AvgIpc) is 3.04. The van der Waals surface area contributed by atoms with Gasteiger partial charge < -0.3 is 5.11 Å². The molecule has 0 unspecified atom stereocenters. The Balaban J connectivity index is 2.15. The minimum absolute atomic E-state index is 0.157. The van der Waals surface area contributed by atoms with E-state index in [4.69, 9.17) is 11.6 Å². The Labute approximate surface area is 137 Å². The first-order valence-electron chi connectivity index (χ1n) is 5.89. The second kappa shape index (κ2) is 5.63. The number of rotatable bonds is 3. The highest BCUT2D eigenvalue weighted by molar-refractivity contribution is 9.11. The fourth-order valence-corrected chi connectivity index (χ4v) is 3.47. The number of benzene rings is 1. The molecule has 0 saturated heterocycles. The Kier molecular flexibility index (Phi) is 3.84. The van der Waals surface area contributed by atoms with Crippen molar-refractivity contribution in [1.82, 2.24) is 9.78 Å². The molecule has 0 aliphatic carbocycles. The van der Waals surface area contributed by atoms with Crippen LogP contribution in [0.3, 0.4) is 0 Å². The molecule has 1 N–H and O–H groups in total. The number of aromatic nitrogens is 2. The van der Waals surface area contributed by atoms with Crippen LogP contribution in [0.2, 0.25) is 5.02 Å². The third kappa shape index (κ3) is 2.88. The summed E-state index contributed by atoms with van der Waals surface area (Å²) in [7, 11) is 0. The van der Waals surface area contributed by atoms with Gasteiger partial charge >= 0.3 is 5.97 Å². The Morgan fingerprint density at radius 1 is 1.33 bits per heavy atom. The Morgan fingerprint density at radius 2 is 2.14 bits per heavy atom. The number of carboxylic acids is 1. The lowest BCUT2D eigenvalue weighted by atomic mass is 10.2. The molecular weight excluding hydrogens is 376 g/mol. The molecule has 3 rings (SSSR count). The molecule has 4 nitrogen and oxygen atoms in total. The number of hydrogen-bond donors (Lipinski definition) is 1. The van der Waals surface area contributed by atoms with Gasteiger partial charge in [0, 0.05) is 11.2 Å². The van der Waals surface area contributed by atoms with E-state index in [9.17, 15) is 9.90 Å². The summed E-state index contributed by atoms with van der Waals surface area (Å²) in [6.07, 6.45) is 1.50. The van der Waals surface area contributed by atoms with Crippen LogP contribution in [0.4, 0.5) is 0 Å². The monoisotopic (exact) mass is 382 g/mol. The van der Waals surface area contributed by atoms with Crippen molar-refractivity contribution in [3.8, 4) is 16.3 Å². The molecule has 0 fully saturated rings. The highest BCUT2D eigenvalue weighted by Crippen LogP contribution is 2.33. The van der Waals surface area contributed by atoms with Crippen LogP contribution in [0.25, 0.3) is 16.3 Å². The van der Waals surface area contributed by atoms with E-state index in [0.29, 0.717) is 16.4 Å². The Bertz CT molecular complexity index is 828. The summed E-state index contributed by atoms with van der Waals surface area (Å²) in [6.45, 7) is 0. The first kappa shape index (κ1) is 14.3. The van der Waals surface area contributed by atoms with Crippen LogP contribution in [0.1, 0.15) is 10.4 Å². The molecule has 0 aliphatic rings. The summed E-state index contributed by atoms with van der Waals surface area (Å²) in [4.78, 5) is 12.2. The van der Waals surface area contributed by atoms with Crippen LogP contribution in [-0.4, -0.2) is 20.9 Å². The van der Waals surface area contributed by atoms with Gasteiger partial charge in [-0.3, -0.25) is 0 Å². The van der Waals surface area contributed by atoms with Gasteiger partial charge in [0.1, 0.15) is 11.3 Å². The second-order valence-electron chi connectivity index (χ2n) is 4.22. The highest BCUT2D eigenvalue weighted by atomic mass is 79.9. The van der Waals surface area contributed by atoms with Crippen molar-refractivity contribution in [3.63, 3.8) is 0 Å². The number of carboxylic acid groups (broad SMARTS) is 1. The smallest absolute Gasteiger partial charge is 0.339 e. The zero-order valence-electron chi connectivity index (χ0n) is 10.5. The van der Waals surface area contributed by atoms with Crippen LogP contribution in [0.15, 0.2) is 46.4 Å². The first-order chi connectivity index (χ1) is 10.0. The number of thiophene rings is 1. The molecule has 106 valence electrons. The molecule has 0 aliphatic heterocycles. The molecular formula is C14H8BrClN2O2S. The van der Waals surface area contributed by atoms with Crippen LogP contribution in [0, 0.1) is 0 Å². The summed E-state index contributed by atoms with van der Waals surface area (Å²) in [6, 6.07) is 10.8. The normalized spacial score (nSPS) is 10.8. The van der Waals surface area contributed by atoms with Crippen molar-refractivity contribution in [2.24, 2.45) is 0 Å². The summed E-state index contributed by atoms with van der Waals surface area (Å²) in [5.41, 5.74) is 1.31. The van der Waals surface area contributed by atoms with Gasteiger partial charge in [0.05, 0.1) is 14.4 Å². The van der Waals surface area contributed by atoms with Crippen LogP contribution in [-0.2, 0) is 0 Å². The summed E-state index contributed by atoms with van der Waals surface area (Å²) >= 11 is 10.8. The predicted octanol–water partition coefficient (Wildman–Crippen LogP) is 4.71. The van der Waals surface area contributed by atoms with Crippen molar-refractivity contribution in [1.29, 1.82) is 0 Å². The topological polar surface area (TPSA) is 55.1 Å². The standard InChI is InChI=1S/C14H8BrClN2O2S/c15-12-5-4-11(21-12)13-10(14(19)20)7-18(17-13)9-3-1-2-8(16)6-9/h1-7H,(H,19,20). The van der Waals surface area contributed by atoms with E-state index in [0.717, 1.165) is 8.66 Å². The maximum atomic E-state index is 11.4. The maximum absolute atomic E-state index is 11.4. The molecule has 7 heteroatoms. The van der Waals surface area contributed by atoms with E-state index in [1.807, 2.05) is 18.2 Å². The molecule has 0 saturated carbocycles. The van der Waals surface area contributed by atoms with Crippen LogP contribution >= 0.6 is 38.9 Å². The lowest BCUT2D eigenvalue weighted by Crippen LogP contribution is -1.96. The molecule has 0 atom stereocenters. The quantitative estimate of drug-likeness (QED) is 0.712. The molecule has 3 aromatic rings. The zero-order chi connectivity index (χ0) is 15.0. The van der Waals surface area contributed by atoms with Gasteiger partial charge in [-0.15, -0.1) is 11.3 Å². The van der Waals surface area contributed by atoms with E-state index in [1.165, 1.54) is 22.2 Å². The third-order valence-corrected chi connectivity index (χ3v) is 4.69. The van der Waals surface area contributed by atoms with Gasteiger partial charge in [-0.25, -0.2) is 9.48 Å². The highest BCUT2D eigenvalue weighted by Gasteiger charge is 2.19. The average molecular weight is 384 g/mol. The van der Waals surface area contributed by atoms with Crippen molar-refractivity contribution in [2.75, 3.05) is 0 Å². The molecule has 2 aromatic heterocycles. The van der Waals surface area contributed by atoms with Gasteiger partial charge in [-0.2, -0.15) is 5.10 Å². The van der Waals surface area contributed by atoms with Crippen molar-refractivity contribution >= 4 is 44.8 Å². The van der Waals surface area contributed by atoms with Gasteiger partial charge in [-0.05, 0) is 46.3 Å². The lowest BCUT2D eigenvalue weighted by Gasteiger charge is -2.00. The lowest BCUT2D eigenvalue weighted by molar-refractivity contribution is 0.0697. The van der Waals surface area contributed by atoms with Gasteiger partial charge in [-0.1, -0.05) is 17.7 Å². The van der Waals surface area contributed by atoms with Gasteiger partial charge in [0.25, 0.3) is 0 Å². The number of carbonyl (C=O) groups is 1. The minimum atomic E-state index is -1.01. The van der Waals surface area contributed by atoms with Crippen molar-refractivity contribution in [2.45, 2.75) is 0 Å².